The van der Waals surface area contributed by atoms with Gasteiger partial charge in [-0.3, -0.25) is 14.7 Å². The van der Waals surface area contributed by atoms with Gasteiger partial charge in [0.25, 0.3) is 5.91 Å². The Bertz CT molecular complexity index is 1330. The zero-order chi connectivity index (χ0) is 22.4. The van der Waals surface area contributed by atoms with Crippen molar-refractivity contribution < 1.29 is 4.79 Å². The van der Waals surface area contributed by atoms with E-state index in [0.29, 0.717) is 23.2 Å². The third-order valence-electron chi connectivity index (χ3n) is 7.28. The van der Waals surface area contributed by atoms with Crippen LogP contribution in [0, 0.1) is 11.8 Å². The third kappa shape index (κ3) is 3.38. The van der Waals surface area contributed by atoms with Gasteiger partial charge in [-0.15, -0.1) is 11.7 Å². The molecule has 1 aromatic carbocycles. The van der Waals surface area contributed by atoms with Crippen LogP contribution >= 0.6 is 0 Å². The lowest BCUT2D eigenvalue weighted by atomic mass is 9.73. The average Bonchev–Trinajstić information content (AvgIpc) is 3.36. The average molecular weight is 440 g/mol. The SMILES string of the molecule is C=C[C@H]1CN2CC[C@H]1C[C@@H]2[C@H](NC(=O)c1ccccn1)c1cc2nnnn2c2ccccc12. The number of para-hydroxylation sites is 1. The predicted molar refractivity (Wildman–Crippen MR) is 125 cm³/mol. The van der Waals surface area contributed by atoms with E-state index in [1.807, 2.05) is 36.4 Å². The first-order valence-corrected chi connectivity index (χ1v) is 11.4. The van der Waals surface area contributed by atoms with Crippen LogP contribution in [-0.2, 0) is 0 Å². The van der Waals surface area contributed by atoms with Crippen molar-refractivity contribution in [1.29, 1.82) is 0 Å². The van der Waals surface area contributed by atoms with Crippen molar-refractivity contribution >= 4 is 22.5 Å². The molecule has 1 N–H and O–H groups in total. The Morgan fingerprint density at radius 3 is 2.88 bits per heavy atom. The van der Waals surface area contributed by atoms with Gasteiger partial charge in [0, 0.05) is 24.2 Å². The van der Waals surface area contributed by atoms with Crippen LogP contribution in [0.15, 0.2) is 67.4 Å². The molecule has 8 heteroatoms. The minimum atomic E-state index is -0.223. The molecule has 7 rings (SSSR count). The molecular weight excluding hydrogens is 414 g/mol. The van der Waals surface area contributed by atoms with E-state index in [4.69, 9.17) is 0 Å². The second-order valence-corrected chi connectivity index (χ2v) is 8.98. The van der Waals surface area contributed by atoms with E-state index >= 15 is 0 Å². The summed E-state index contributed by atoms with van der Waals surface area (Å²) in [7, 11) is 0. The van der Waals surface area contributed by atoms with E-state index in [2.05, 4.69) is 49.4 Å². The number of pyridine rings is 2. The quantitative estimate of drug-likeness (QED) is 0.481. The smallest absolute Gasteiger partial charge is 0.270 e. The number of nitrogens with one attached hydrogen (secondary N) is 1. The van der Waals surface area contributed by atoms with E-state index in [1.165, 1.54) is 6.42 Å². The van der Waals surface area contributed by atoms with E-state index in [1.54, 1.807) is 16.8 Å². The molecule has 6 heterocycles. The molecular formula is C25H25N7O. The molecule has 3 aliphatic heterocycles. The molecule has 1 amide bonds. The van der Waals surface area contributed by atoms with Gasteiger partial charge in [0.15, 0.2) is 5.65 Å². The molecule has 3 aliphatic rings. The number of nitrogens with zero attached hydrogens (tertiary/aromatic N) is 6. The van der Waals surface area contributed by atoms with Gasteiger partial charge >= 0.3 is 0 Å². The zero-order valence-corrected chi connectivity index (χ0v) is 18.2. The summed E-state index contributed by atoms with van der Waals surface area (Å²) in [6.45, 7) is 6.06. The summed E-state index contributed by atoms with van der Waals surface area (Å²) in [5.41, 5.74) is 3.04. The number of amides is 1. The molecule has 3 fully saturated rings. The summed E-state index contributed by atoms with van der Waals surface area (Å²) in [5, 5.41) is 16.6. The summed E-state index contributed by atoms with van der Waals surface area (Å²) >= 11 is 0. The highest BCUT2D eigenvalue weighted by Gasteiger charge is 2.43. The Hall–Kier alpha value is -3.65. The van der Waals surface area contributed by atoms with Crippen molar-refractivity contribution in [3.05, 3.63) is 78.6 Å². The minimum absolute atomic E-state index is 0.174. The molecule has 5 atom stereocenters. The van der Waals surface area contributed by atoms with Crippen LogP contribution in [0.1, 0.15) is 34.9 Å². The predicted octanol–water partition coefficient (Wildman–Crippen LogP) is 3.04. The van der Waals surface area contributed by atoms with E-state index in [9.17, 15) is 4.79 Å². The number of rotatable bonds is 5. The molecule has 166 valence electrons. The van der Waals surface area contributed by atoms with Gasteiger partial charge in [0.2, 0.25) is 0 Å². The van der Waals surface area contributed by atoms with Crippen LogP contribution in [0.2, 0.25) is 0 Å². The second-order valence-electron chi connectivity index (χ2n) is 8.98. The summed E-state index contributed by atoms with van der Waals surface area (Å²) in [4.78, 5) is 20.1. The Labute approximate surface area is 191 Å². The molecule has 0 spiro atoms. The standard InChI is InChI=1S/C25H25N7O/c1-2-16-15-31-12-10-17(16)13-22(31)24(27-25(33)20-8-5-6-11-26-20)19-14-23-28-29-30-32(23)21-9-4-3-7-18(19)21/h2-9,11,14,16-17,22,24H,1,10,12-13,15H2,(H,27,33)/t16-,17-,22+,24+/m0/s1. The normalized spacial score (nSPS) is 25.2. The molecule has 0 radical (unpaired) electrons. The van der Waals surface area contributed by atoms with Crippen LogP contribution in [0.5, 0.6) is 0 Å². The number of carbonyl (C=O) groups is 1. The maximum atomic E-state index is 13.3. The van der Waals surface area contributed by atoms with Crippen molar-refractivity contribution in [3.8, 4) is 0 Å². The lowest BCUT2D eigenvalue weighted by molar-refractivity contribution is 0.00168. The van der Waals surface area contributed by atoms with Gasteiger partial charge in [-0.25, -0.2) is 0 Å². The molecule has 8 nitrogen and oxygen atoms in total. The summed E-state index contributed by atoms with van der Waals surface area (Å²) in [6, 6.07) is 15.5. The van der Waals surface area contributed by atoms with Crippen LogP contribution in [0.3, 0.4) is 0 Å². The van der Waals surface area contributed by atoms with E-state index in [0.717, 1.165) is 36.0 Å². The monoisotopic (exact) mass is 439 g/mol. The van der Waals surface area contributed by atoms with Gasteiger partial charge < -0.3 is 5.32 Å². The summed E-state index contributed by atoms with van der Waals surface area (Å²) < 4.78 is 1.75. The number of benzene rings is 1. The molecule has 1 unspecified atom stereocenters. The maximum absolute atomic E-state index is 13.3. The van der Waals surface area contributed by atoms with Crippen LogP contribution in [0.25, 0.3) is 16.6 Å². The highest BCUT2D eigenvalue weighted by atomic mass is 16.2. The number of carbonyl (C=O) groups excluding carboxylic acids is 1. The largest absolute Gasteiger partial charge is 0.342 e. The van der Waals surface area contributed by atoms with Crippen molar-refractivity contribution in [1.82, 2.24) is 35.2 Å². The Morgan fingerprint density at radius 2 is 2.09 bits per heavy atom. The fourth-order valence-corrected chi connectivity index (χ4v) is 5.65. The lowest BCUT2D eigenvalue weighted by Crippen LogP contribution is -2.57. The molecule has 2 bridgehead atoms. The lowest BCUT2D eigenvalue weighted by Gasteiger charge is -2.51. The first-order valence-electron chi connectivity index (χ1n) is 11.4. The number of aromatic nitrogens is 5. The van der Waals surface area contributed by atoms with Crippen molar-refractivity contribution in [2.24, 2.45) is 11.8 Å². The number of tetrazole rings is 1. The molecule has 3 aromatic heterocycles. The highest BCUT2D eigenvalue weighted by Crippen LogP contribution is 2.42. The summed E-state index contributed by atoms with van der Waals surface area (Å²) in [6.07, 6.45) is 5.92. The Balaban J connectivity index is 1.48. The van der Waals surface area contributed by atoms with E-state index in [-0.39, 0.29) is 18.0 Å². The van der Waals surface area contributed by atoms with Gasteiger partial charge in [-0.05, 0) is 71.5 Å². The second kappa shape index (κ2) is 8.04. The van der Waals surface area contributed by atoms with Gasteiger partial charge in [0.05, 0.1) is 11.6 Å². The Kier molecular flexibility index (Phi) is 4.87. The summed E-state index contributed by atoms with van der Waals surface area (Å²) in [5.74, 6) is 0.908. The molecule has 3 saturated heterocycles. The first kappa shape index (κ1) is 20.0. The molecule has 33 heavy (non-hydrogen) atoms. The number of hydrogen-bond acceptors (Lipinski definition) is 6. The van der Waals surface area contributed by atoms with Crippen molar-refractivity contribution in [3.63, 3.8) is 0 Å². The molecule has 0 saturated carbocycles. The van der Waals surface area contributed by atoms with Crippen LogP contribution in [0.4, 0.5) is 0 Å². The molecule has 4 aromatic rings. The fourth-order valence-electron chi connectivity index (χ4n) is 5.65. The van der Waals surface area contributed by atoms with Crippen LogP contribution < -0.4 is 5.32 Å². The zero-order valence-electron chi connectivity index (χ0n) is 18.2. The number of fused-ring (bicyclic) bond motifs is 6. The van der Waals surface area contributed by atoms with Gasteiger partial charge in [-0.2, -0.15) is 4.52 Å². The topological polar surface area (TPSA) is 88.3 Å². The first-order chi connectivity index (χ1) is 16.2. The van der Waals surface area contributed by atoms with Gasteiger partial charge in [-0.1, -0.05) is 30.3 Å². The minimum Gasteiger partial charge on any atom is -0.342 e. The van der Waals surface area contributed by atoms with Crippen molar-refractivity contribution in [2.45, 2.75) is 24.9 Å². The highest BCUT2D eigenvalue weighted by molar-refractivity contribution is 5.93. The maximum Gasteiger partial charge on any atom is 0.270 e. The van der Waals surface area contributed by atoms with Crippen molar-refractivity contribution in [2.75, 3.05) is 13.1 Å². The molecule has 0 aliphatic carbocycles. The van der Waals surface area contributed by atoms with E-state index < -0.39 is 0 Å². The van der Waals surface area contributed by atoms with Crippen LogP contribution in [-0.4, -0.2) is 55.0 Å². The third-order valence-corrected chi connectivity index (χ3v) is 7.28. The Morgan fingerprint density at radius 1 is 1.21 bits per heavy atom. The number of piperidine rings is 3. The fraction of sp³-hybridized carbons (Fsp3) is 0.320. The number of hydrogen-bond donors (Lipinski definition) is 1. The van der Waals surface area contributed by atoms with Gasteiger partial charge in [0.1, 0.15) is 5.69 Å².